The Morgan fingerprint density at radius 1 is 1.27 bits per heavy atom. The molecule has 0 bridgehead atoms. The number of rotatable bonds is 5. The number of hydrogen-bond donors (Lipinski definition) is 1. The highest BCUT2D eigenvalue weighted by Gasteiger charge is 2.36. The molecule has 0 aromatic heterocycles. The molecule has 2 fully saturated rings. The average Bonchev–Trinajstić information content (AvgIpc) is 2.36. The van der Waals surface area contributed by atoms with Crippen LogP contribution in [0.15, 0.2) is 0 Å². The smallest absolute Gasteiger partial charge is 0.102 e. The van der Waals surface area contributed by atoms with Gasteiger partial charge in [-0.3, -0.25) is 0 Å². The fourth-order valence-electron chi connectivity index (χ4n) is 4.68. The first-order valence-electron chi connectivity index (χ1n) is 9.41. The quantitative estimate of drug-likeness (QED) is 0.787. The predicted molar refractivity (Wildman–Crippen MR) is 94.0 cm³/mol. The molecule has 4 atom stereocenters. The minimum atomic E-state index is 0.257. The molecule has 0 spiro atoms. The molecule has 0 radical (unpaired) electrons. The van der Waals surface area contributed by atoms with E-state index in [1.165, 1.54) is 32.4 Å². The van der Waals surface area contributed by atoms with Gasteiger partial charge in [-0.15, -0.1) is 0 Å². The van der Waals surface area contributed by atoms with Gasteiger partial charge in [-0.05, 0) is 44.4 Å². The summed E-state index contributed by atoms with van der Waals surface area (Å²) in [7, 11) is 2.40. The highest BCUT2D eigenvalue weighted by Crippen LogP contribution is 2.35. The lowest BCUT2D eigenvalue weighted by atomic mass is 9.75. The van der Waals surface area contributed by atoms with Gasteiger partial charge in [-0.1, -0.05) is 27.2 Å². The fraction of sp³-hybridized carbons (Fsp3) is 1.00. The van der Waals surface area contributed by atoms with Crippen LogP contribution in [-0.2, 0) is 4.74 Å². The molecule has 2 rings (SSSR count). The zero-order valence-electron chi connectivity index (χ0n) is 15.8. The fourth-order valence-corrected chi connectivity index (χ4v) is 4.68. The molecule has 2 aliphatic rings. The second kappa shape index (κ2) is 7.19. The van der Waals surface area contributed by atoms with Gasteiger partial charge in [-0.2, -0.15) is 0 Å². The Balaban J connectivity index is 1.83. The van der Waals surface area contributed by atoms with E-state index in [4.69, 9.17) is 4.74 Å². The van der Waals surface area contributed by atoms with Gasteiger partial charge in [0.1, 0.15) is 6.54 Å². The highest BCUT2D eigenvalue weighted by molar-refractivity contribution is 4.82. The Labute approximate surface area is 138 Å². The molecule has 3 nitrogen and oxygen atoms in total. The molecule has 1 aliphatic heterocycles. The topological polar surface area (TPSA) is 21.3 Å². The third-order valence-electron chi connectivity index (χ3n) is 5.96. The molecular weight excluding hydrogens is 272 g/mol. The van der Waals surface area contributed by atoms with E-state index in [9.17, 15) is 0 Å². The van der Waals surface area contributed by atoms with E-state index in [2.05, 4.69) is 47.0 Å². The van der Waals surface area contributed by atoms with Crippen LogP contribution in [0.1, 0.15) is 53.9 Å². The molecule has 1 N–H and O–H groups in total. The summed E-state index contributed by atoms with van der Waals surface area (Å²) in [6.07, 6.45) is 4.49. The minimum Gasteiger partial charge on any atom is -0.372 e. The highest BCUT2D eigenvalue weighted by atomic mass is 16.5. The van der Waals surface area contributed by atoms with Crippen molar-refractivity contribution in [2.24, 2.45) is 17.8 Å². The molecule has 1 saturated heterocycles. The van der Waals surface area contributed by atoms with Crippen molar-refractivity contribution in [2.75, 3.05) is 39.8 Å². The number of nitrogens with one attached hydrogen (secondary N) is 1. The molecule has 130 valence electrons. The molecule has 1 saturated carbocycles. The van der Waals surface area contributed by atoms with Gasteiger partial charge in [0, 0.05) is 6.54 Å². The van der Waals surface area contributed by atoms with Crippen LogP contribution in [0.5, 0.6) is 0 Å². The van der Waals surface area contributed by atoms with Crippen LogP contribution in [0, 0.1) is 17.8 Å². The van der Waals surface area contributed by atoms with Crippen molar-refractivity contribution in [2.45, 2.75) is 65.5 Å². The van der Waals surface area contributed by atoms with Crippen LogP contribution >= 0.6 is 0 Å². The van der Waals surface area contributed by atoms with Crippen molar-refractivity contribution in [3.63, 3.8) is 0 Å². The largest absolute Gasteiger partial charge is 0.372 e. The van der Waals surface area contributed by atoms with E-state index in [1.54, 1.807) is 0 Å². The third kappa shape index (κ3) is 4.94. The average molecular weight is 312 g/mol. The van der Waals surface area contributed by atoms with Crippen molar-refractivity contribution < 1.29 is 9.22 Å². The van der Waals surface area contributed by atoms with Gasteiger partial charge in [-0.25, -0.2) is 0 Å². The lowest BCUT2D eigenvalue weighted by molar-refractivity contribution is -0.916. The molecule has 0 aromatic rings. The van der Waals surface area contributed by atoms with Crippen molar-refractivity contribution in [1.29, 1.82) is 0 Å². The number of hydrogen-bond acceptors (Lipinski definition) is 2. The summed E-state index contributed by atoms with van der Waals surface area (Å²) in [4.78, 5) is 0. The Morgan fingerprint density at radius 2 is 2.00 bits per heavy atom. The predicted octanol–water partition coefficient (Wildman–Crippen LogP) is 3.29. The maximum Gasteiger partial charge on any atom is 0.102 e. The van der Waals surface area contributed by atoms with Crippen molar-refractivity contribution >= 4 is 0 Å². The van der Waals surface area contributed by atoms with E-state index in [0.717, 1.165) is 41.9 Å². The Bertz CT molecular complexity index is 355. The van der Waals surface area contributed by atoms with E-state index < -0.39 is 0 Å². The maximum absolute atomic E-state index is 6.43. The second-order valence-corrected chi connectivity index (χ2v) is 9.27. The van der Waals surface area contributed by atoms with Gasteiger partial charge in [0.25, 0.3) is 0 Å². The van der Waals surface area contributed by atoms with Gasteiger partial charge >= 0.3 is 0 Å². The maximum atomic E-state index is 6.43. The summed E-state index contributed by atoms with van der Waals surface area (Å²) < 4.78 is 7.57. The molecule has 22 heavy (non-hydrogen) atoms. The summed E-state index contributed by atoms with van der Waals surface area (Å²) in [6.45, 7) is 17.4. The van der Waals surface area contributed by atoms with Crippen molar-refractivity contribution in [3.8, 4) is 0 Å². The summed E-state index contributed by atoms with van der Waals surface area (Å²) in [6, 6.07) is 0. The summed E-state index contributed by atoms with van der Waals surface area (Å²) >= 11 is 0. The van der Waals surface area contributed by atoms with Crippen LogP contribution < -0.4 is 5.32 Å². The van der Waals surface area contributed by atoms with Crippen LogP contribution in [-0.4, -0.2) is 56.0 Å². The lowest BCUT2D eigenvalue weighted by Gasteiger charge is -2.46. The Kier molecular flexibility index (Phi) is 5.95. The molecule has 0 aromatic carbocycles. The standard InChI is InChI=1S/C19H39N2O/c1-15(2)17-8-7-16(3)13-18(17)22-12-11-21(6)10-9-20-19(4,5)14-21/h15-18,20H,7-14H2,1-6H3/q+1. The summed E-state index contributed by atoms with van der Waals surface area (Å²) in [5, 5.41) is 3.62. The number of ether oxygens (including phenoxy) is 1. The Morgan fingerprint density at radius 3 is 2.64 bits per heavy atom. The number of piperazine rings is 1. The molecule has 3 heteroatoms. The SMILES string of the molecule is CC1CCC(C(C)C)C(OCC[N+]2(C)CCNC(C)(C)C2)C1. The van der Waals surface area contributed by atoms with E-state index in [1.807, 2.05) is 0 Å². The van der Waals surface area contributed by atoms with Gasteiger partial charge in [0.15, 0.2) is 0 Å². The zero-order valence-corrected chi connectivity index (χ0v) is 15.8. The third-order valence-corrected chi connectivity index (χ3v) is 5.96. The van der Waals surface area contributed by atoms with Gasteiger partial charge in [0.05, 0.1) is 38.4 Å². The van der Waals surface area contributed by atoms with Crippen LogP contribution in [0.4, 0.5) is 0 Å². The second-order valence-electron chi connectivity index (χ2n) is 9.27. The van der Waals surface area contributed by atoms with Crippen LogP contribution in [0.2, 0.25) is 0 Å². The summed E-state index contributed by atoms with van der Waals surface area (Å²) in [5.74, 6) is 2.35. The van der Waals surface area contributed by atoms with E-state index in [-0.39, 0.29) is 5.54 Å². The lowest BCUT2D eigenvalue weighted by Crippen LogP contribution is -2.65. The molecule has 1 aliphatic carbocycles. The molecule has 1 heterocycles. The number of likely N-dealkylation sites (N-methyl/N-ethyl adjacent to an activating group) is 1. The molecule has 0 amide bonds. The molecular formula is C19H39N2O+. The monoisotopic (exact) mass is 311 g/mol. The number of quaternary nitrogens is 1. The van der Waals surface area contributed by atoms with Crippen LogP contribution in [0.3, 0.4) is 0 Å². The van der Waals surface area contributed by atoms with Gasteiger partial charge in [0.2, 0.25) is 0 Å². The van der Waals surface area contributed by atoms with Crippen molar-refractivity contribution in [1.82, 2.24) is 5.32 Å². The first kappa shape index (κ1) is 18.2. The number of nitrogens with zero attached hydrogens (tertiary/aromatic N) is 1. The zero-order chi connectivity index (χ0) is 16.4. The van der Waals surface area contributed by atoms with Crippen LogP contribution in [0.25, 0.3) is 0 Å². The minimum absolute atomic E-state index is 0.257. The van der Waals surface area contributed by atoms with Gasteiger partial charge < -0.3 is 14.5 Å². The van der Waals surface area contributed by atoms with E-state index in [0.29, 0.717) is 6.10 Å². The van der Waals surface area contributed by atoms with Crippen molar-refractivity contribution in [3.05, 3.63) is 0 Å². The normalized spacial score (nSPS) is 39.1. The molecule has 4 unspecified atom stereocenters. The first-order valence-corrected chi connectivity index (χ1v) is 9.41. The van der Waals surface area contributed by atoms with E-state index >= 15 is 0 Å². The Hall–Kier alpha value is -0.120. The summed E-state index contributed by atoms with van der Waals surface area (Å²) in [5.41, 5.74) is 0.257. The first-order chi connectivity index (χ1) is 10.2.